The van der Waals surface area contributed by atoms with E-state index in [-0.39, 0.29) is 6.10 Å². The van der Waals surface area contributed by atoms with Crippen molar-refractivity contribution in [3.05, 3.63) is 29.3 Å². The lowest BCUT2D eigenvalue weighted by molar-refractivity contribution is 0.0705. The van der Waals surface area contributed by atoms with Crippen molar-refractivity contribution < 1.29 is 14.7 Å². The van der Waals surface area contributed by atoms with Crippen LogP contribution in [0.3, 0.4) is 0 Å². The topological polar surface area (TPSA) is 70.6 Å². The number of nitrogens with one attached hydrogen (secondary N) is 2. The Hall–Kier alpha value is -1.59. The van der Waals surface area contributed by atoms with Gasteiger partial charge in [0.15, 0.2) is 0 Å². The number of carbonyl (C=O) groups is 1. The smallest absolute Gasteiger partial charge is 0.274 e. The van der Waals surface area contributed by atoms with Crippen molar-refractivity contribution in [1.29, 1.82) is 0 Å². The van der Waals surface area contributed by atoms with E-state index in [1.165, 1.54) is 0 Å². The summed E-state index contributed by atoms with van der Waals surface area (Å²) in [4.78, 5) is 11.2. The molecule has 1 unspecified atom stereocenters. The van der Waals surface area contributed by atoms with Crippen molar-refractivity contribution in [3.63, 3.8) is 0 Å². The second-order valence-electron chi connectivity index (χ2n) is 3.82. The van der Waals surface area contributed by atoms with Crippen LogP contribution in [0.4, 0.5) is 0 Å². The van der Waals surface area contributed by atoms with Crippen LogP contribution in [0.25, 0.3) is 0 Å². The third kappa shape index (κ3) is 2.15. The Labute approximate surface area is 93.4 Å². The van der Waals surface area contributed by atoms with Gasteiger partial charge in [0.05, 0.1) is 0 Å². The molecule has 0 saturated heterocycles. The average Bonchev–Trinajstić information content (AvgIpc) is 2.47. The molecule has 0 saturated carbocycles. The van der Waals surface area contributed by atoms with Crippen molar-refractivity contribution >= 4 is 5.91 Å². The maximum absolute atomic E-state index is 11.2. The molecular weight excluding hydrogens is 208 g/mol. The third-order valence-electron chi connectivity index (χ3n) is 2.51. The Morgan fingerprint density at radius 1 is 1.62 bits per heavy atom. The molecule has 2 rings (SSSR count). The first-order valence-electron chi connectivity index (χ1n) is 5.15. The summed E-state index contributed by atoms with van der Waals surface area (Å²) >= 11 is 0. The van der Waals surface area contributed by atoms with E-state index < -0.39 is 5.91 Å². The fraction of sp³-hybridized carbons (Fsp3) is 0.364. The van der Waals surface area contributed by atoms with Gasteiger partial charge in [-0.2, -0.15) is 0 Å². The molecule has 1 heterocycles. The van der Waals surface area contributed by atoms with Crippen molar-refractivity contribution in [2.75, 3.05) is 6.54 Å². The van der Waals surface area contributed by atoms with Crippen LogP contribution < -0.4 is 15.5 Å². The van der Waals surface area contributed by atoms with E-state index in [2.05, 4.69) is 5.32 Å². The summed E-state index contributed by atoms with van der Waals surface area (Å²) in [5, 5.41) is 11.8. The van der Waals surface area contributed by atoms with Crippen LogP contribution in [0.2, 0.25) is 0 Å². The van der Waals surface area contributed by atoms with Crippen molar-refractivity contribution in [2.24, 2.45) is 0 Å². The van der Waals surface area contributed by atoms with Gasteiger partial charge in [0.1, 0.15) is 11.9 Å². The summed E-state index contributed by atoms with van der Waals surface area (Å²) in [5.41, 5.74) is 3.00. The Balaban J connectivity index is 2.33. The second-order valence-corrected chi connectivity index (χ2v) is 3.82. The lowest BCUT2D eigenvalue weighted by atomic mass is 10.1. The number of carbonyl (C=O) groups excluding carboxylic acids is 1. The van der Waals surface area contributed by atoms with Crippen LogP contribution in [0.15, 0.2) is 18.2 Å². The minimum absolute atomic E-state index is 0.0636. The molecule has 1 aromatic carbocycles. The molecule has 0 spiro atoms. The molecule has 0 aromatic heterocycles. The molecule has 0 bridgehead atoms. The third-order valence-corrected chi connectivity index (χ3v) is 2.51. The standard InChI is InChI=1S/C11H14N2O3/c1-7-5-12-6-9-3-2-8(11(14)13-15)4-10(9)16-7/h2-4,7,12,15H,5-6H2,1H3,(H,13,14). The number of benzene rings is 1. The minimum Gasteiger partial charge on any atom is -0.489 e. The molecule has 1 aliphatic rings. The molecule has 16 heavy (non-hydrogen) atoms. The van der Waals surface area contributed by atoms with Gasteiger partial charge in [0.25, 0.3) is 5.91 Å². The predicted molar refractivity (Wildman–Crippen MR) is 57.5 cm³/mol. The summed E-state index contributed by atoms with van der Waals surface area (Å²) in [6.45, 7) is 3.46. The van der Waals surface area contributed by atoms with Gasteiger partial charge in [-0.15, -0.1) is 0 Å². The zero-order valence-corrected chi connectivity index (χ0v) is 8.99. The van der Waals surface area contributed by atoms with Gasteiger partial charge in [0, 0.05) is 24.2 Å². The highest BCUT2D eigenvalue weighted by Gasteiger charge is 2.15. The van der Waals surface area contributed by atoms with Gasteiger partial charge >= 0.3 is 0 Å². The number of ether oxygens (including phenoxy) is 1. The van der Waals surface area contributed by atoms with Crippen LogP contribution in [-0.4, -0.2) is 23.8 Å². The summed E-state index contributed by atoms with van der Waals surface area (Å²) in [6, 6.07) is 5.13. The minimum atomic E-state index is -0.531. The van der Waals surface area contributed by atoms with Gasteiger partial charge < -0.3 is 10.1 Å². The molecule has 1 aromatic rings. The Morgan fingerprint density at radius 3 is 3.19 bits per heavy atom. The molecule has 1 amide bonds. The van der Waals surface area contributed by atoms with Crippen LogP contribution in [0.5, 0.6) is 5.75 Å². The molecule has 5 heteroatoms. The van der Waals surface area contributed by atoms with Crippen LogP contribution in [0, 0.1) is 0 Å². The van der Waals surface area contributed by atoms with Crippen LogP contribution in [-0.2, 0) is 6.54 Å². The van der Waals surface area contributed by atoms with E-state index in [1.807, 2.05) is 13.0 Å². The second kappa shape index (κ2) is 4.51. The largest absolute Gasteiger partial charge is 0.489 e. The van der Waals surface area contributed by atoms with E-state index in [4.69, 9.17) is 9.94 Å². The van der Waals surface area contributed by atoms with Crippen molar-refractivity contribution in [1.82, 2.24) is 10.8 Å². The first kappa shape index (κ1) is 10.9. The molecule has 3 N–H and O–H groups in total. The van der Waals surface area contributed by atoms with Gasteiger partial charge in [0.2, 0.25) is 0 Å². The van der Waals surface area contributed by atoms with Gasteiger partial charge in [-0.3, -0.25) is 10.0 Å². The average molecular weight is 222 g/mol. The summed E-state index contributed by atoms with van der Waals surface area (Å²) in [5.74, 6) is 0.162. The van der Waals surface area contributed by atoms with Crippen LogP contribution in [0.1, 0.15) is 22.8 Å². The molecule has 0 fully saturated rings. The molecule has 1 aliphatic heterocycles. The van der Waals surface area contributed by atoms with E-state index in [0.717, 1.165) is 18.7 Å². The molecule has 0 radical (unpaired) electrons. The van der Waals surface area contributed by atoms with E-state index >= 15 is 0 Å². The number of hydrogen-bond donors (Lipinski definition) is 3. The number of fused-ring (bicyclic) bond motifs is 1. The quantitative estimate of drug-likeness (QED) is 0.482. The first-order valence-corrected chi connectivity index (χ1v) is 5.15. The Morgan fingerprint density at radius 2 is 2.44 bits per heavy atom. The van der Waals surface area contributed by atoms with Crippen LogP contribution >= 0.6 is 0 Å². The number of rotatable bonds is 1. The van der Waals surface area contributed by atoms with Crippen molar-refractivity contribution in [2.45, 2.75) is 19.6 Å². The molecule has 86 valence electrons. The zero-order chi connectivity index (χ0) is 11.5. The lowest BCUT2D eigenvalue weighted by Gasteiger charge is -2.12. The van der Waals surface area contributed by atoms with Gasteiger partial charge in [-0.25, -0.2) is 5.48 Å². The maximum atomic E-state index is 11.2. The Bertz CT molecular complexity index is 406. The molecule has 1 atom stereocenters. The fourth-order valence-corrected chi connectivity index (χ4v) is 1.68. The highest BCUT2D eigenvalue weighted by atomic mass is 16.5. The van der Waals surface area contributed by atoms with Crippen molar-refractivity contribution in [3.8, 4) is 5.75 Å². The SMILES string of the molecule is CC1CNCc2ccc(C(=O)NO)cc2O1. The first-order chi connectivity index (χ1) is 7.70. The zero-order valence-electron chi connectivity index (χ0n) is 8.99. The van der Waals surface area contributed by atoms with Gasteiger partial charge in [-0.05, 0) is 19.1 Å². The molecule has 0 aliphatic carbocycles. The van der Waals surface area contributed by atoms with E-state index in [1.54, 1.807) is 17.6 Å². The number of amides is 1. The van der Waals surface area contributed by atoms with E-state index in [9.17, 15) is 4.79 Å². The maximum Gasteiger partial charge on any atom is 0.274 e. The molecule has 5 nitrogen and oxygen atoms in total. The monoisotopic (exact) mass is 222 g/mol. The normalized spacial score (nSPS) is 19.2. The summed E-state index contributed by atoms with van der Waals surface area (Å²) in [7, 11) is 0. The Kier molecular flexibility index (Phi) is 3.07. The fourth-order valence-electron chi connectivity index (χ4n) is 1.68. The number of hydrogen-bond acceptors (Lipinski definition) is 4. The van der Waals surface area contributed by atoms with Gasteiger partial charge in [-0.1, -0.05) is 6.07 Å². The summed E-state index contributed by atoms with van der Waals surface area (Å²) in [6.07, 6.45) is 0.0636. The van der Waals surface area contributed by atoms with E-state index in [0.29, 0.717) is 11.3 Å². The summed E-state index contributed by atoms with van der Waals surface area (Å²) < 4.78 is 5.67. The predicted octanol–water partition coefficient (Wildman–Crippen LogP) is 0.676. The number of hydroxylamine groups is 1. The highest BCUT2D eigenvalue weighted by molar-refractivity contribution is 5.93. The molecular formula is C11H14N2O3. The lowest BCUT2D eigenvalue weighted by Crippen LogP contribution is -2.25. The highest BCUT2D eigenvalue weighted by Crippen LogP contribution is 2.23.